The summed E-state index contributed by atoms with van der Waals surface area (Å²) < 4.78 is 18.6. The Kier molecular flexibility index (Phi) is 7.61. The molecule has 3 rings (SSSR count). The van der Waals surface area contributed by atoms with Gasteiger partial charge in [0.05, 0.1) is 11.0 Å². The maximum absolute atomic E-state index is 12.2. The van der Waals surface area contributed by atoms with Crippen LogP contribution in [0, 0.1) is 5.92 Å². The Hall–Kier alpha value is -1.41. The fraction of sp³-hybridized carbons (Fsp3) is 0.652. The summed E-state index contributed by atoms with van der Waals surface area (Å²) in [6.45, 7) is 10.8. The molecule has 0 aliphatic carbocycles. The number of nitrogens with zero attached hydrogens (tertiary/aromatic N) is 2. The molecule has 2 heterocycles. The topological polar surface area (TPSA) is 62.6 Å². The van der Waals surface area contributed by atoms with E-state index in [-0.39, 0.29) is 11.2 Å². The number of fused-ring (bicyclic) bond motifs is 1. The molecular weight excluding hydrogens is 400 g/mol. The van der Waals surface area contributed by atoms with Crippen LogP contribution in [0.2, 0.25) is 0 Å². The number of imidazole rings is 1. The third-order valence-corrected chi connectivity index (χ3v) is 6.88. The van der Waals surface area contributed by atoms with Crippen LogP contribution < -0.4 is 0 Å². The van der Waals surface area contributed by atoms with Gasteiger partial charge in [-0.15, -0.1) is 11.8 Å². The van der Waals surface area contributed by atoms with Gasteiger partial charge in [-0.2, -0.15) is 0 Å². The first kappa shape index (κ1) is 23.3. The van der Waals surface area contributed by atoms with Crippen molar-refractivity contribution in [3.63, 3.8) is 0 Å². The summed E-state index contributed by atoms with van der Waals surface area (Å²) in [5.41, 5.74) is 2.05. The molecule has 7 heteroatoms. The van der Waals surface area contributed by atoms with Crippen LogP contribution in [0.4, 0.5) is 0 Å². The van der Waals surface area contributed by atoms with Crippen LogP contribution in [0.25, 0.3) is 11.0 Å². The monoisotopic (exact) mass is 434 g/mol. The lowest BCUT2D eigenvalue weighted by molar-refractivity contribution is -0.133. The van der Waals surface area contributed by atoms with E-state index in [0.29, 0.717) is 5.92 Å². The van der Waals surface area contributed by atoms with Gasteiger partial charge in [0, 0.05) is 44.3 Å². The zero-order valence-electron chi connectivity index (χ0n) is 18.9. The molecule has 1 aromatic heterocycles. The number of benzene rings is 1. The first-order valence-corrected chi connectivity index (χ1v) is 11.4. The number of rotatable bonds is 8. The van der Waals surface area contributed by atoms with Crippen molar-refractivity contribution in [1.82, 2.24) is 9.55 Å². The van der Waals surface area contributed by atoms with Gasteiger partial charge in [-0.25, -0.2) is 4.98 Å². The minimum Gasteiger partial charge on any atom is -0.381 e. The number of carbonyl (C=O) groups is 1. The number of aromatic nitrogens is 2. The first-order valence-electron chi connectivity index (χ1n) is 10.6. The maximum atomic E-state index is 12.2. The van der Waals surface area contributed by atoms with Gasteiger partial charge in [-0.1, -0.05) is 20.8 Å². The van der Waals surface area contributed by atoms with E-state index in [1.165, 1.54) is 11.8 Å². The van der Waals surface area contributed by atoms with Crippen molar-refractivity contribution in [1.29, 1.82) is 0 Å². The Morgan fingerprint density at radius 1 is 1.27 bits per heavy atom. The summed E-state index contributed by atoms with van der Waals surface area (Å²) in [6, 6.07) is 6.28. The standard InChI is InChI=1S/C23H34N2O4S/c1-15(26)20(21(27-5)28-6)30-17-7-8-19-18(13-17)24-22(23(2,3)4)25(19)14-16-9-11-29-12-10-16/h7-8,13,16,20-21H,9-12,14H2,1-6H3. The van der Waals surface area contributed by atoms with E-state index in [1.807, 2.05) is 0 Å². The third kappa shape index (κ3) is 5.25. The fourth-order valence-electron chi connectivity index (χ4n) is 3.95. The lowest BCUT2D eigenvalue weighted by atomic mass is 9.94. The molecule has 1 saturated heterocycles. The number of carbonyl (C=O) groups excluding carboxylic acids is 1. The SMILES string of the molecule is COC(OC)C(Sc1ccc2c(c1)nc(C(C)(C)C)n2CC1CCOCC1)C(C)=O. The minimum absolute atomic E-state index is 0.0224. The highest BCUT2D eigenvalue weighted by Crippen LogP contribution is 2.33. The molecule has 1 atom stereocenters. The van der Waals surface area contributed by atoms with Crippen LogP contribution in [0.3, 0.4) is 0 Å². The number of ether oxygens (including phenoxy) is 3. The van der Waals surface area contributed by atoms with E-state index in [0.717, 1.165) is 54.4 Å². The molecule has 1 aliphatic rings. The summed E-state index contributed by atoms with van der Waals surface area (Å²) in [4.78, 5) is 18.2. The highest BCUT2D eigenvalue weighted by Gasteiger charge is 2.28. The third-order valence-electron chi connectivity index (χ3n) is 5.55. The van der Waals surface area contributed by atoms with Crippen molar-refractivity contribution >= 4 is 28.6 Å². The lowest BCUT2D eigenvalue weighted by Gasteiger charge is -2.26. The molecule has 1 unspecified atom stereocenters. The van der Waals surface area contributed by atoms with Crippen LogP contribution in [-0.2, 0) is 31.0 Å². The number of hydrogen-bond donors (Lipinski definition) is 0. The van der Waals surface area contributed by atoms with E-state index < -0.39 is 11.5 Å². The van der Waals surface area contributed by atoms with Crippen LogP contribution in [-0.4, -0.2) is 54.3 Å². The van der Waals surface area contributed by atoms with Crippen LogP contribution in [0.5, 0.6) is 0 Å². The second-order valence-electron chi connectivity index (χ2n) is 8.99. The van der Waals surface area contributed by atoms with Crippen LogP contribution >= 0.6 is 11.8 Å². The molecule has 0 amide bonds. The molecular formula is C23H34N2O4S. The maximum Gasteiger partial charge on any atom is 0.175 e. The Morgan fingerprint density at radius 2 is 1.93 bits per heavy atom. The molecule has 0 N–H and O–H groups in total. The molecule has 0 radical (unpaired) electrons. The summed E-state index contributed by atoms with van der Waals surface area (Å²) in [5, 5.41) is -0.427. The molecule has 1 aromatic carbocycles. The number of methoxy groups -OCH3 is 2. The first-order chi connectivity index (χ1) is 14.2. The van der Waals surface area contributed by atoms with Gasteiger partial charge in [0.25, 0.3) is 0 Å². The average molecular weight is 435 g/mol. The van der Waals surface area contributed by atoms with Crippen molar-refractivity contribution in [2.45, 2.75) is 68.9 Å². The largest absolute Gasteiger partial charge is 0.381 e. The van der Waals surface area contributed by atoms with Gasteiger partial charge >= 0.3 is 0 Å². The Labute approximate surface area is 183 Å². The van der Waals surface area contributed by atoms with Crippen molar-refractivity contribution in [2.75, 3.05) is 27.4 Å². The van der Waals surface area contributed by atoms with Crippen molar-refractivity contribution < 1.29 is 19.0 Å². The Balaban J connectivity index is 1.95. The van der Waals surface area contributed by atoms with Gasteiger partial charge in [-0.3, -0.25) is 4.79 Å². The van der Waals surface area contributed by atoms with Crippen molar-refractivity contribution in [3.05, 3.63) is 24.0 Å². The highest BCUT2D eigenvalue weighted by molar-refractivity contribution is 8.00. The highest BCUT2D eigenvalue weighted by atomic mass is 32.2. The molecule has 0 bridgehead atoms. The molecule has 6 nitrogen and oxygen atoms in total. The normalized spacial score (nSPS) is 17.0. The van der Waals surface area contributed by atoms with Gasteiger partial charge in [0.2, 0.25) is 0 Å². The summed E-state index contributed by atoms with van der Waals surface area (Å²) >= 11 is 1.46. The average Bonchev–Trinajstić information content (AvgIpc) is 3.07. The van der Waals surface area contributed by atoms with Crippen molar-refractivity contribution in [2.24, 2.45) is 5.92 Å². The summed E-state index contributed by atoms with van der Waals surface area (Å²) in [5.74, 6) is 1.73. The van der Waals surface area contributed by atoms with Crippen molar-refractivity contribution in [3.8, 4) is 0 Å². The van der Waals surface area contributed by atoms with E-state index in [2.05, 4.69) is 43.5 Å². The van der Waals surface area contributed by atoms with E-state index in [4.69, 9.17) is 19.2 Å². The second kappa shape index (κ2) is 9.81. The molecule has 0 saturated carbocycles. The zero-order valence-corrected chi connectivity index (χ0v) is 19.8. The van der Waals surface area contributed by atoms with E-state index in [1.54, 1.807) is 21.1 Å². The Bertz CT molecular complexity index is 864. The molecule has 166 valence electrons. The Morgan fingerprint density at radius 3 is 2.50 bits per heavy atom. The number of ketones is 1. The summed E-state index contributed by atoms with van der Waals surface area (Å²) in [6.07, 6.45) is 1.60. The van der Waals surface area contributed by atoms with Gasteiger partial charge in [0.15, 0.2) is 6.29 Å². The number of Topliss-reactive ketones (excluding diaryl/α,β-unsaturated/α-hetero) is 1. The van der Waals surface area contributed by atoms with Gasteiger partial charge in [0.1, 0.15) is 16.9 Å². The van der Waals surface area contributed by atoms with E-state index >= 15 is 0 Å². The number of thioether (sulfide) groups is 1. The summed E-state index contributed by atoms with van der Waals surface area (Å²) in [7, 11) is 3.11. The smallest absolute Gasteiger partial charge is 0.175 e. The lowest BCUT2D eigenvalue weighted by Crippen LogP contribution is -2.32. The molecule has 0 spiro atoms. The van der Waals surface area contributed by atoms with Crippen LogP contribution in [0.15, 0.2) is 23.1 Å². The zero-order chi connectivity index (χ0) is 21.9. The van der Waals surface area contributed by atoms with E-state index in [9.17, 15) is 4.79 Å². The van der Waals surface area contributed by atoms with Crippen LogP contribution in [0.1, 0.15) is 46.4 Å². The molecule has 1 aliphatic heterocycles. The second-order valence-corrected chi connectivity index (χ2v) is 10.2. The minimum atomic E-state index is -0.584. The predicted molar refractivity (Wildman–Crippen MR) is 120 cm³/mol. The molecule has 30 heavy (non-hydrogen) atoms. The predicted octanol–water partition coefficient (Wildman–Crippen LogP) is 4.43. The molecule has 1 fully saturated rings. The van der Waals surface area contributed by atoms with Gasteiger partial charge in [-0.05, 0) is 43.9 Å². The fourth-order valence-corrected chi connectivity index (χ4v) is 5.07. The molecule has 2 aromatic rings. The number of hydrogen-bond acceptors (Lipinski definition) is 6. The van der Waals surface area contributed by atoms with Gasteiger partial charge < -0.3 is 18.8 Å². The quantitative estimate of drug-likeness (QED) is 0.452.